The van der Waals surface area contributed by atoms with Gasteiger partial charge in [-0.05, 0) is 30.2 Å². The van der Waals surface area contributed by atoms with Crippen LogP contribution in [-0.4, -0.2) is 25.4 Å². The highest BCUT2D eigenvalue weighted by Gasteiger charge is 2.05. The van der Waals surface area contributed by atoms with E-state index in [2.05, 4.69) is 21.2 Å². The fourth-order valence-corrected chi connectivity index (χ4v) is 2.03. The third-order valence-corrected chi connectivity index (χ3v) is 2.96. The molecule has 1 N–H and O–H groups in total. The van der Waals surface area contributed by atoms with Crippen LogP contribution in [0.5, 0.6) is 5.75 Å². The molecule has 1 aromatic rings. The van der Waals surface area contributed by atoms with E-state index in [9.17, 15) is 4.79 Å². The zero-order valence-corrected chi connectivity index (χ0v) is 12.0. The van der Waals surface area contributed by atoms with Gasteiger partial charge in [-0.2, -0.15) is 0 Å². The maximum absolute atomic E-state index is 11.2. The van der Waals surface area contributed by atoms with Gasteiger partial charge >= 0.3 is 0 Å². The quantitative estimate of drug-likeness (QED) is 0.819. The minimum atomic E-state index is -0.0195. The van der Waals surface area contributed by atoms with Crippen LogP contribution in [0.25, 0.3) is 0 Å². The molecule has 0 unspecified atom stereocenters. The zero-order valence-electron chi connectivity index (χ0n) is 9.63. The van der Waals surface area contributed by atoms with Crippen LogP contribution in [0, 0.1) is 0 Å². The lowest BCUT2D eigenvalue weighted by Gasteiger charge is -2.09. The first kappa shape index (κ1) is 14.3. The van der Waals surface area contributed by atoms with Gasteiger partial charge in [0.15, 0.2) is 0 Å². The second-order valence-corrected chi connectivity index (χ2v) is 4.79. The van der Waals surface area contributed by atoms with Gasteiger partial charge in [0, 0.05) is 23.3 Å². The summed E-state index contributed by atoms with van der Waals surface area (Å²) in [7, 11) is 1.64. The number of rotatable bonds is 6. The van der Waals surface area contributed by atoms with Crippen molar-refractivity contribution in [1.82, 2.24) is 5.32 Å². The van der Waals surface area contributed by atoms with Crippen LogP contribution in [0.2, 0.25) is 0 Å². The Hall–Kier alpha value is -0.740. The maximum atomic E-state index is 11.2. The van der Waals surface area contributed by atoms with E-state index in [0.717, 1.165) is 22.2 Å². The number of carbonyl (C=O) groups is 1. The fourth-order valence-electron chi connectivity index (χ4n) is 1.45. The predicted molar refractivity (Wildman–Crippen MR) is 72.7 cm³/mol. The average Bonchev–Trinajstić information content (AvgIpc) is 2.30. The summed E-state index contributed by atoms with van der Waals surface area (Å²) >= 11 is 8.88. The molecule has 1 rings (SSSR count). The van der Waals surface area contributed by atoms with Gasteiger partial charge in [0.25, 0.3) is 0 Å². The van der Waals surface area contributed by atoms with E-state index in [1.54, 1.807) is 7.11 Å². The Bertz CT molecular complexity index is 385. The number of benzene rings is 1. The zero-order chi connectivity index (χ0) is 12.7. The first-order valence-electron chi connectivity index (χ1n) is 5.32. The molecular weight excluding hydrogens is 305 g/mol. The van der Waals surface area contributed by atoms with Crippen LogP contribution in [0.1, 0.15) is 12.0 Å². The Kier molecular flexibility index (Phi) is 6.37. The van der Waals surface area contributed by atoms with Crippen LogP contribution in [-0.2, 0) is 11.2 Å². The van der Waals surface area contributed by atoms with Gasteiger partial charge in [-0.25, -0.2) is 0 Å². The molecule has 0 aliphatic heterocycles. The lowest BCUT2D eigenvalue weighted by molar-refractivity contribution is -0.120. The summed E-state index contributed by atoms with van der Waals surface area (Å²) in [5.74, 6) is 1.17. The van der Waals surface area contributed by atoms with E-state index < -0.39 is 0 Å². The number of hydrogen-bond acceptors (Lipinski definition) is 2. The van der Waals surface area contributed by atoms with Crippen molar-refractivity contribution >= 4 is 33.4 Å². The standard InChI is InChI=1S/C12H15BrClNO2/c1-17-11-3-2-10(13)8-9(11)5-7-15-12(16)4-6-14/h2-3,8H,4-7H2,1H3,(H,15,16). The third-order valence-electron chi connectivity index (χ3n) is 2.28. The number of methoxy groups -OCH3 is 1. The minimum Gasteiger partial charge on any atom is -0.496 e. The van der Waals surface area contributed by atoms with Crippen molar-refractivity contribution in [2.24, 2.45) is 0 Å². The summed E-state index contributed by atoms with van der Waals surface area (Å²) in [5, 5.41) is 2.81. The lowest BCUT2D eigenvalue weighted by atomic mass is 10.1. The molecule has 0 aliphatic carbocycles. The molecule has 0 atom stereocenters. The summed E-state index contributed by atoms with van der Waals surface area (Å²) in [6.45, 7) is 0.586. The molecule has 5 heteroatoms. The Labute approximate surface area is 115 Å². The van der Waals surface area contributed by atoms with Gasteiger partial charge in [0.1, 0.15) is 5.75 Å². The second-order valence-electron chi connectivity index (χ2n) is 3.50. The molecule has 0 spiro atoms. The summed E-state index contributed by atoms with van der Waals surface area (Å²) in [5.41, 5.74) is 1.06. The Morgan fingerprint density at radius 2 is 2.29 bits per heavy atom. The molecule has 0 bridgehead atoms. The number of ether oxygens (including phenoxy) is 1. The van der Waals surface area contributed by atoms with E-state index in [-0.39, 0.29) is 5.91 Å². The number of amides is 1. The molecule has 17 heavy (non-hydrogen) atoms. The largest absolute Gasteiger partial charge is 0.496 e. The lowest BCUT2D eigenvalue weighted by Crippen LogP contribution is -2.25. The molecule has 0 saturated heterocycles. The topological polar surface area (TPSA) is 38.3 Å². The molecule has 1 amide bonds. The number of nitrogens with one attached hydrogen (secondary N) is 1. The van der Waals surface area contributed by atoms with Crippen LogP contribution >= 0.6 is 27.5 Å². The first-order valence-corrected chi connectivity index (χ1v) is 6.65. The SMILES string of the molecule is COc1ccc(Br)cc1CCNC(=O)CCCl. The van der Waals surface area contributed by atoms with Crippen molar-refractivity contribution < 1.29 is 9.53 Å². The molecule has 3 nitrogen and oxygen atoms in total. The maximum Gasteiger partial charge on any atom is 0.221 e. The molecule has 0 aliphatic rings. The Morgan fingerprint density at radius 3 is 2.94 bits per heavy atom. The van der Waals surface area contributed by atoms with Gasteiger partial charge < -0.3 is 10.1 Å². The summed E-state index contributed by atoms with van der Waals surface area (Å²) in [6.07, 6.45) is 1.09. The number of halogens is 2. The average molecular weight is 321 g/mol. The van der Waals surface area contributed by atoms with Crippen LogP contribution in [0.15, 0.2) is 22.7 Å². The van der Waals surface area contributed by atoms with Gasteiger partial charge in [-0.15, -0.1) is 11.6 Å². The normalized spacial score (nSPS) is 10.1. The molecule has 0 fully saturated rings. The fraction of sp³-hybridized carbons (Fsp3) is 0.417. The molecular formula is C12H15BrClNO2. The Balaban J connectivity index is 2.50. The smallest absolute Gasteiger partial charge is 0.221 e. The van der Waals surface area contributed by atoms with Crippen molar-refractivity contribution in [1.29, 1.82) is 0 Å². The van der Waals surface area contributed by atoms with Gasteiger partial charge in [-0.1, -0.05) is 15.9 Å². The monoisotopic (exact) mass is 319 g/mol. The van der Waals surface area contributed by atoms with E-state index >= 15 is 0 Å². The highest BCUT2D eigenvalue weighted by atomic mass is 79.9. The van der Waals surface area contributed by atoms with E-state index in [1.807, 2.05) is 18.2 Å². The number of carbonyl (C=O) groups excluding carboxylic acids is 1. The third kappa shape index (κ3) is 4.96. The summed E-state index contributed by atoms with van der Waals surface area (Å²) < 4.78 is 6.25. The van der Waals surface area contributed by atoms with Gasteiger partial charge in [-0.3, -0.25) is 4.79 Å². The highest BCUT2D eigenvalue weighted by molar-refractivity contribution is 9.10. The van der Waals surface area contributed by atoms with Gasteiger partial charge in [0.05, 0.1) is 7.11 Å². The first-order chi connectivity index (χ1) is 8.17. The van der Waals surface area contributed by atoms with Crippen molar-refractivity contribution in [2.75, 3.05) is 19.5 Å². The molecule has 0 saturated carbocycles. The van der Waals surface area contributed by atoms with Crippen molar-refractivity contribution in [2.45, 2.75) is 12.8 Å². The van der Waals surface area contributed by atoms with Crippen molar-refractivity contribution in [3.05, 3.63) is 28.2 Å². The van der Waals surface area contributed by atoms with Crippen LogP contribution < -0.4 is 10.1 Å². The van der Waals surface area contributed by atoms with E-state index in [4.69, 9.17) is 16.3 Å². The summed E-state index contributed by atoms with van der Waals surface area (Å²) in [6, 6.07) is 5.82. The summed E-state index contributed by atoms with van der Waals surface area (Å²) in [4.78, 5) is 11.2. The number of alkyl halides is 1. The van der Waals surface area contributed by atoms with Crippen molar-refractivity contribution in [3.63, 3.8) is 0 Å². The molecule has 0 radical (unpaired) electrons. The second kappa shape index (κ2) is 7.56. The Morgan fingerprint density at radius 1 is 1.53 bits per heavy atom. The number of hydrogen-bond donors (Lipinski definition) is 1. The van der Waals surface area contributed by atoms with E-state index in [1.165, 1.54) is 0 Å². The van der Waals surface area contributed by atoms with Crippen molar-refractivity contribution in [3.8, 4) is 5.75 Å². The highest BCUT2D eigenvalue weighted by Crippen LogP contribution is 2.23. The van der Waals surface area contributed by atoms with Gasteiger partial charge in [0.2, 0.25) is 5.91 Å². The predicted octanol–water partition coefficient (Wildman–Crippen LogP) is 2.75. The van der Waals surface area contributed by atoms with Crippen LogP contribution in [0.4, 0.5) is 0 Å². The minimum absolute atomic E-state index is 0.0195. The molecule has 0 aromatic heterocycles. The molecule has 0 heterocycles. The van der Waals surface area contributed by atoms with E-state index in [0.29, 0.717) is 18.8 Å². The molecule has 1 aromatic carbocycles. The molecule has 94 valence electrons. The van der Waals surface area contributed by atoms with Crippen LogP contribution in [0.3, 0.4) is 0 Å².